The Morgan fingerprint density at radius 1 is 0.912 bits per heavy atom. The van der Waals surface area contributed by atoms with Crippen LogP contribution in [0.15, 0.2) is 77.7 Å². The summed E-state index contributed by atoms with van der Waals surface area (Å²) in [6, 6.07) is 18.0. The first-order valence-electron chi connectivity index (χ1n) is 10.4. The number of rotatable bonds is 7. The first kappa shape index (κ1) is 23.3. The summed E-state index contributed by atoms with van der Waals surface area (Å²) in [6.07, 6.45) is 0.628. The van der Waals surface area contributed by atoms with Gasteiger partial charge in [0.05, 0.1) is 15.4 Å². The zero-order chi connectivity index (χ0) is 24.3. The summed E-state index contributed by atoms with van der Waals surface area (Å²) in [5.41, 5.74) is 2.21. The second-order valence-corrected chi connectivity index (χ2v) is 9.62. The Morgan fingerprint density at radius 3 is 2.18 bits per heavy atom. The van der Waals surface area contributed by atoms with Gasteiger partial charge in [0.15, 0.2) is 12.4 Å². The molecule has 0 unspecified atom stereocenters. The first-order chi connectivity index (χ1) is 16.3. The molecule has 0 saturated heterocycles. The summed E-state index contributed by atoms with van der Waals surface area (Å²) >= 11 is 0. The van der Waals surface area contributed by atoms with Crippen molar-refractivity contribution >= 4 is 27.5 Å². The summed E-state index contributed by atoms with van der Waals surface area (Å²) in [4.78, 5) is 34.6. The second kappa shape index (κ2) is 9.54. The molecule has 9 nitrogen and oxygen atoms in total. The summed E-state index contributed by atoms with van der Waals surface area (Å²) in [5, 5.41) is 10.7. The highest BCUT2D eigenvalue weighted by Crippen LogP contribution is 2.25. The van der Waals surface area contributed by atoms with E-state index in [9.17, 15) is 28.1 Å². The van der Waals surface area contributed by atoms with Gasteiger partial charge in [-0.2, -0.15) is 4.31 Å². The second-order valence-electron chi connectivity index (χ2n) is 7.68. The molecule has 0 spiro atoms. The number of benzene rings is 3. The van der Waals surface area contributed by atoms with Gasteiger partial charge in [-0.25, -0.2) is 13.2 Å². The monoisotopic (exact) mass is 480 g/mol. The number of nitrogens with zero attached hydrogens (tertiary/aromatic N) is 2. The van der Waals surface area contributed by atoms with E-state index in [0.29, 0.717) is 13.0 Å². The highest BCUT2D eigenvalue weighted by molar-refractivity contribution is 7.89. The van der Waals surface area contributed by atoms with Crippen LogP contribution < -0.4 is 0 Å². The van der Waals surface area contributed by atoms with Crippen LogP contribution in [-0.2, 0) is 27.7 Å². The maximum atomic E-state index is 13.0. The van der Waals surface area contributed by atoms with Gasteiger partial charge in [0.1, 0.15) is 0 Å². The Labute approximate surface area is 195 Å². The zero-order valence-corrected chi connectivity index (χ0v) is 18.7. The quantitative estimate of drug-likeness (QED) is 0.220. The van der Waals surface area contributed by atoms with Crippen LogP contribution in [0.5, 0.6) is 0 Å². The smallest absolute Gasteiger partial charge is 0.338 e. The summed E-state index contributed by atoms with van der Waals surface area (Å²) in [6.45, 7) is 0.102. The fourth-order valence-corrected chi connectivity index (χ4v) is 5.07. The van der Waals surface area contributed by atoms with E-state index in [1.165, 1.54) is 52.8 Å². The van der Waals surface area contributed by atoms with E-state index in [2.05, 4.69) is 0 Å². The Balaban J connectivity index is 1.38. The molecular formula is C24H20N2O7S. The van der Waals surface area contributed by atoms with E-state index in [0.717, 1.165) is 11.1 Å². The lowest BCUT2D eigenvalue weighted by Crippen LogP contribution is -2.35. The lowest BCUT2D eigenvalue weighted by molar-refractivity contribution is -0.384. The average Bonchev–Trinajstić information content (AvgIpc) is 2.86. The van der Waals surface area contributed by atoms with Crippen LogP contribution in [-0.4, -0.2) is 42.6 Å². The molecule has 0 aliphatic carbocycles. The van der Waals surface area contributed by atoms with Crippen molar-refractivity contribution in [3.63, 3.8) is 0 Å². The number of non-ortho nitro benzene ring substituents is 1. The maximum Gasteiger partial charge on any atom is 0.338 e. The van der Waals surface area contributed by atoms with E-state index in [1.807, 2.05) is 24.3 Å². The van der Waals surface area contributed by atoms with Crippen molar-refractivity contribution in [3.8, 4) is 0 Å². The number of sulfonamides is 1. The highest BCUT2D eigenvalue weighted by Gasteiger charge is 2.28. The van der Waals surface area contributed by atoms with Gasteiger partial charge in [-0.05, 0) is 53.9 Å². The number of hydrogen-bond donors (Lipinski definition) is 0. The minimum absolute atomic E-state index is 0.0605. The largest absolute Gasteiger partial charge is 0.454 e. The topological polar surface area (TPSA) is 124 Å². The lowest BCUT2D eigenvalue weighted by atomic mass is 10.0. The predicted molar refractivity (Wildman–Crippen MR) is 122 cm³/mol. The van der Waals surface area contributed by atoms with Crippen molar-refractivity contribution < 1.29 is 27.7 Å². The molecule has 0 fully saturated rings. The molecule has 0 atom stereocenters. The van der Waals surface area contributed by atoms with Gasteiger partial charge in [0.2, 0.25) is 10.0 Å². The van der Waals surface area contributed by atoms with Crippen molar-refractivity contribution in [1.29, 1.82) is 0 Å². The molecule has 0 saturated carbocycles. The van der Waals surface area contributed by atoms with Crippen molar-refractivity contribution in [3.05, 3.63) is 105 Å². The number of ether oxygens (including phenoxy) is 1. The molecule has 0 bridgehead atoms. The molecule has 4 rings (SSSR count). The minimum Gasteiger partial charge on any atom is -0.454 e. The highest BCUT2D eigenvalue weighted by atomic mass is 32.2. The number of Topliss-reactive ketones (excluding diaryl/α,β-unsaturated/α-hetero) is 1. The van der Waals surface area contributed by atoms with Gasteiger partial charge in [0, 0.05) is 30.8 Å². The van der Waals surface area contributed by atoms with Gasteiger partial charge in [-0.3, -0.25) is 14.9 Å². The van der Waals surface area contributed by atoms with Crippen LogP contribution in [0.1, 0.15) is 31.8 Å². The molecule has 1 heterocycles. The van der Waals surface area contributed by atoms with Crippen molar-refractivity contribution in [2.24, 2.45) is 0 Å². The van der Waals surface area contributed by atoms with Crippen LogP contribution in [0, 0.1) is 10.1 Å². The van der Waals surface area contributed by atoms with E-state index in [-0.39, 0.29) is 28.3 Å². The minimum atomic E-state index is -3.74. The molecule has 3 aromatic rings. The molecule has 0 N–H and O–H groups in total. The van der Waals surface area contributed by atoms with Crippen LogP contribution in [0.2, 0.25) is 0 Å². The third kappa shape index (κ3) is 4.87. The Bertz CT molecular complexity index is 1350. The van der Waals surface area contributed by atoms with E-state index in [4.69, 9.17) is 4.74 Å². The van der Waals surface area contributed by atoms with Gasteiger partial charge < -0.3 is 4.74 Å². The number of carbonyl (C=O) groups is 2. The molecule has 0 amide bonds. The molecule has 1 aliphatic heterocycles. The molecule has 174 valence electrons. The SMILES string of the molecule is O=C(COC(=O)c1ccc(S(=O)(=O)N2CCc3ccccc3C2)cc1)c1ccc([N+](=O)[O-])cc1. The summed E-state index contributed by atoms with van der Waals surface area (Å²) in [7, 11) is -3.74. The lowest BCUT2D eigenvalue weighted by Gasteiger charge is -2.28. The maximum absolute atomic E-state index is 13.0. The molecule has 1 aliphatic rings. The Morgan fingerprint density at radius 2 is 1.53 bits per heavy atom. The van der Waals surface area contributed by atoms with Crippen molar-refractivity contribution in [2.75, 3.05) is 13.2 Å². The van der Waals surface area contributed by atoms with E-state index >= 15 is 0 Å². The Kier molecular flexibility index (Phi) is 6.53. The third-order valence-electron chi connectivity index (χ3n) is 5.56. The number of hydrogen-bond acceptors (Lipinski definition) is 7. The van der Waals surface area contributed by atoms with Gasteiger partial charge in [-0.1, -0.05) is 24.3 Å². The van der Waals surface area contributed by atoms with E-state index in [1.54, 1.807) is 0 Å². The fraction of sp³-hybridized carbons (Fsp3) is 0.167. The van der Waals surface area contributed by atoms with Crippen LogP contribution in [0.3, 0.4) is 0 Å². The van der Waals surface area contributed by atoms with Crippen LogP contribution in [0.25, 0.3) is 0 Å². The normalized spacial score (nSPS) is 13.6. The molecular weight excluding hydrogens is 460 g/mol. The van der Waals surface area contributed by atoms with Gasteiger partial charge >= 0.3 is 5.97 Å². The molecule has 10 heteroatoms. The number of nitro benzene ring substituents is 1. The van der Waals surface area contributed by atoms with Gasteiger partial charge in [0.25, 0.3) is 5.69 Å². The number of esters is 1. The van der Waals surface area contributed by atoms with Crippen molar-refractivity contribution in [2.45, 2.75) is 17.9 Å². The van der Waals surface area contributed by atoms with E-state index < -0.39 is 33.3 Å². The third-order valence-corrected chi connectivity index (χ3v) is 7.42. The molecule has 3 aromatic carbocycles. The standard InChI is InChI=1S/C24H20N2O7S/c27-23(18-5-9-21(10-6-18)26(29)30)16-33-24(28)19-7-11-22(12-8-19)34(31,32)25-14-13-17-3-1-2-4-20(17)15-25/h1-12H,13-16H2. The molecule has 34 heavy (non-hydrogen) atoms. The average molecular weight is 480 g/mol. The number of fused-ring (bicyclic) bond motifs is 1. The van der Waals surface area contributed by atoms with Crippen LogP contribution in [0.4, 0.5) is 5.69 Å². The first-order valence-corrected chi connectivity index (χ1v) is 11.8. The molecule has 0 radical (unpaired) electrons. The molecule has 0 aromatic heterocycles. The number of carbonyl (C=O) groups excluding carboxylic acids is 2. The fourth-order valence-electron chi connectivity index (χ4n) is 3.65. The summed E-state index contributed by atoms with van der Waals surface area (Å²) < 4.78 is 32.5. The van der Waals surface area contributed by atoms with Crippen molar-refractivity contribution in [1.82, 2.24) is 4.31 Å². The summed E-state index contributed by atoms with van der Waals surface area (Å²) in [5.74, 6) is -1.31. The number of ketones is 1. The zero-order valence-electron chi connectivity index (χ0n) is 17.9. The van der Waals surface area contributed by atoms with Crippen LogP contribution >= 0.6 is 0 Å². The number of nitro groups is 1. The predicted octanol–water partition coefficient (Wildman–Crippen LogP) is 3.38. The van der Waals surface area contributed by atoms with Gasteiger partial charge in [-0.15, -0.1) is 0 Å². The Hall–Kier alpha value is -3.89.